The maximum atomic E-state index is 9.21. The van der Waals surface area contributed by atoms with E-state index < -0.39 is 0 Å². The van der Waals surface area contributed by atoms with Crippen LogP contribution in [0.4, 0.5) is 0 Å². The van der Waals surface area contributed by atoms with E-state index in [9.17, 15) is 5.11 Å². The van der Waals surface area contributed by atoms with Gasteiger partial charge in [0.25, 0.3) is 0 Å². The van der Waals surface area contributed by atoms with Gasteiger partial charge in [-0.3, -0.25) is 0 Å². The molecule has 1 unspecified atom stereocenters. The second-order valence-corrected chi connectivity index (χ2v) is 7.68. The molecular formula is C17H30NOS+. The second kappa shape index (κ2) is 8.16. The topological polar surface area (TPSA) is 23.5 Å². The third-order valence-corrected chi connectivity index (χ3v) is 6.95. The molecular weight excluding hydrogens is 266 g/mol. The van der Waals surface area contributed by atoms with Crippen molar-refractivity contribution in [2.24, 2.45) is 0 Å². The highest BCUT2D eigenvalue weighted by molar-refractivity contribution is 7.32. The van der Waals surface area contributed by atoms with Crippen LogP contribution >= 0.6 is 10.7 Å². The fourth-order valence-corrected chi connectivity index (χ4v) is 5.75. The van der Waals surface area contributed by atoms with Crippen LogP contribution in [-0.2, 0) is 6.42 Å². The summed E-state index contributed by atoms with van der Waals surface area (Å²) in [5.74, 6) is 0.793. The van der Waals surface area contributed by atoms with E-state index in [1.54, 1.807) is 10.4 Å². The Balaban J connectivity index is 2.25. The lowest BCUT2D eigenvalue weighted by molar-refractivity contribution is 0.288. The van der Waals surface area contributed by atoms with Gasteiger partial charge in [0.15, 0.2) is 10.3 Å². The average molecular weight is 296 g/mol. The standard InChI is InChI=1S/C17H30NOS/c1-3-18(4-2)20-14-12-16(17(20)11-8-13-19)15-9-6-5-7-10-15/h12,14-15,19H,3-11,13H2,1-2H3/q+1. The molecule has 1 aliphatic carbocycles. The molecule has 0 saturated heterocycles. The molecule has 1 heterocycles. The number of aliphatic hydroxyl groups excluding tert-OH is 1. The van der Waals surface area contributed by atoms with E-state index in [1.165, 1.54) is 32.1 Å². The van der Waals surface area contributed by atoms with Crippen LogP contribution in [0.5, 0.6) is 0 Å². The highest BCUT2D eigenvalue weighted by atomic mass is 32.2. The van der Waals surface area contributed by atoms with Gasteiger partial charge in [-0.25, -0.2) is 0 Å². The van der Waals surface area contributed by atoms with E-state index in [2.05, 4.69) is 29.6 Å². The molecule has 20 heavy (non-hydrogen) atoms. The van der Waals surface area contributed by atoms with E-state index in [4.69, 9.17) is 0 Å². The van der Waals surface area contributed by atoms with Gasteiger partial charge in [-0.15, -0.1) is 4.31 Å². The minimum atomic E-state index is 0.185. The lowest BCUT2D eigenvalue weighted by Gasteiger charge is -2.21. The van der Waals surface area contributed by atoms with Gasteiger partial charge in [0, 0.05) is 37.7 Å². The zero-order valence-electron chi connectivity index (χ0n) is 13.1. The summed E-state index contributed by atoms with van der Waals surface area (Å²) >= 11 is 0. The Kier molecular flexibility index (Phi) is 6.53. The van der Waals surface area contributed by atoms with Crippen molar-refractivity contribution in [1.29, 1.82) is 0 Å². The molecule has 0 amide bonds. The molecule has 1 fully saturated rings. The second-order valence-electron chi connectivity index (χ2n) is 5.77. The van der Waals surface area contributed by atoms with E-state index >= 15 is 0 Å². The summed E-state index contributed by atoms with van der Waals surface area (Å²) in [5, 5.41) is 11.6. The van der Waals surface area contributed by atoms with Gasteiger partial charge in [-0.1, -0.05) is 19.3 Å². The summed E-state index contributed by atoms with van der Waals surface area (Å²) in [5.41, 5.74) is 1.63. The first-order valence-electron chi connectivity index (χ1n) is 8.32. The minimum Gasteiger partial charge on any atom is -0.396 e. The first-order valence-corrected chi connectivity index (χ1v) is 9.56. The number of rotatable bonds is 7. The average Bonchev–Trinajstić information content (AvgIpc) is 2.91. The molecule has 0 spiro atoms. The monoisotopic (exact) mass is 296 g/mol. The van der Waals surface area contributed by atoms with Crippen molar-refractivity contribution >= 4 is 10.7 Å². The highest BCUT2D eigenvalue weighted by Gasteiger charge is 2.29. The Labute approximate surface area is 126 Å². The molecule has 1 atom stereocenters. The number of thiophene rings is 1. The summed E-state index contributed by atoms with van der Waals surface area (Å²) in [6, 6.07) is 2.42. The molecule has 114 valence electrons. The van der Waals surface area contributed by atoms with Crippen molar-refractivity contribution in [1.82, 2.24) is 0 Å². The van der Waals surface area contributed by atoms with Crippen LogP contribution in [0.1, 0.15) is 68.7 Å². The number of aliphatic hydroxyl groups is 1. The minimum absolute atomic E-state index is 0.185. The third kappa shape index (κ3) is 3.63. The summed E-state index contributed by atoms with van der Waals surface area (Å²) < 4.78 is 2.57. The van der Waals surface area contributed by atoms with Gasteiger partial charge in [0.1, 0.15) is 0 Å². The predicted molar refractivity (Wildman–Crippen MR) is 89.5 cm³/mol. The lowest BCUT2D eigenvalue weighted by atomic mass is 9.84. The van der Waals surface area contributed by atoms with Gasteiger partial charge >= 0.3 is 0 Å². The quantitative estimate of drug-likeness (QED) is 0.755. The Morgan fingerprint density at radius 2 is 1.90 bits per heavy atom. The van der Waals surface area contributed by atoms with Crippen LogP contribution in [0.2, 0.25) is 0 Å². The first-order chi connectivity index (χ1) is 9.81. The van der Waals surface area contributed by atoms with E-state index in [1.807, 2.05) is 0 Å². The SMILES string of the molecule is CCN(CC)[s+]1ccc(C2CCCCC2)c1CCCO. The van der Waals surface area contributed by atoms with Crippen molar-refractivity contribution in [2.45, 2.75) is 64.7 Å². The number of nitrogens with zero attached hydrogens (tertiary/aromatic N) is 1. The van der Waals surface area contributed by atoms with Gasteiger partial charge < -0.3 is 5.11 Å². The number of hydrogen-bond donors (Lipinski definition) is 1. The smallest absolute Gasteiger partial charge is 0.175 e. The fraction of sp³-hybridized carbons (Fsp3) is 0.765. The third-order valence-electron chi connectivity index (χ3n) is 4.54. The van der Waals surface area contributed by atoms with Crippen molar-refractivity contribution in [3.8, 4) is 0 Å². The largest absolute Gasteiger partial charge is 0.396 e. The van der Waals surface area contributed by atoms with Gasteiger partial charge in [0.05, 0.1) is 10.7 Å². The molecule has 3 heteroatoms. The molecule has 1 saturated carbocycles. The number of hydrogen-bond acceptors (Lipinski definition) is 2. The molecule has 2 nitrogen and oxygen atoms in total. The summed E-state index contributed by atoms with van der Waals surface area (Å²) in [7, 11) is 0.185. The van der Waals surface area contributed by atoms with Crippen LogP contribution in [0, 0.1) is 0 Å². The normalized spacial score (nSPS) is 17.9. The Hall–Kier alpha value is -0.380. The zero-order valence-corrected chi connectivity index (χ0v) is 13.9. The lowest BCUT2D eigenvalue weighted by Crippen LogP contribution is -2.21. The van der Waals surface area contributed by atoms with E-state index in [-0.39, 0.29) is 10.7 Å². The van der Waals surface area contributed by atoms with Crippen LogP contribution in [0.3, 0.4) is 0 Å². The summed E-state index contributed by atoms with van der Waals surface area (Å²) in [6.45, 7) is 7.06. The van der Waals surface area contributed by atoms with Crippen molar-refractivity contribution < 1.29 is 5.11 Å². The van der Waals surface area contributed by atoms with Gasteiger partial charge in [-0.05, 0) is 39.0 Å². The first kappa shape index (κ1) is 16.0. The van der Waals surface area contributed by atoms with E-state index in [0.29, 0.717) is 6.61 Å². The van der Waals surface area contributed by atoms with E-state index in [0.717, 1.165) is 31.8 Å². The fourth-order valence-electron chi connectivity index (χ4n) is 3.44. The maximum absolute atomic E-state index is 9.21. The molecule has 0 bridgehead atoms. The van der Waals surface area contributed by atoms with Crippen molar-refractivity contribution in [3.63, 3.8) is 0 Å². The van der Waals surface area contributed by atoms with Crippen LogP contribution < -0.4 is 4.31 Å². The van der Waals surface area contributed by atoms with Gasteiger partial charge in [-0.2, -0.15) is 0 Å². The molecule has 0 radical (unpaired) electrons. The highest BCUT2D eigenvalue weighted by Crippen LogP contribution is 2.41. The van der Waals surface area contributed by atoms with Gasteiger partial charge in [0.2, 0.25) is 0 Å². The van der Waals surface area contributed by atoms with Crippen molar-refractivity contribution in [3.05, 3.63) is 21.9 Å². The predicted octanol–water partition coefficient (Wildman–Crippen LogP) is 4.39. The van der Waals surface area contributed by atoms with Crippen LogP contribution in [0.25, 0.3) is 0 Å². The molecule has 1 aliphatic rings. The Morgan fingerprint density at radius 3 is 2.50 bits per heavy atom. The van der Waals surface area contributed by atoms with Crippen LogP contribution in [-0.4, -0.2) is 24.8 Å². The molecule has 2 rings (SSSR count). The molecule has 1 aromatic rings. The maximum Gasteiger partial charge on any atom is 0.175 e. The molecule has 0 aromatic carbocycles. The summed E-state index contributed by atoms with van der Waals surface area (Å²) in [4.78, 5) is 1.63. The molecule has 0 aliphatic heterocycles. The summed E-state index contributed by atoms with van der Waals surface area (Å²) in [6.07, 6.45) is 8.95. The Morgan fingerprint density at radius 1 is 1.20 bits per heavy atom. The van der Waals surface area contributed by atoms with Crippen LogP contribution in [0.15, 0.2) is 11.4 Å². The van der Waals surface area contributed by atoms with Crippen molar-refractivity contribution in [2.75, 3.05) is 24.0 Å². The Bertz CT molecular complexity index is 392. The molecule has 1 aromatic heterocycles. The molecule has 1 N–H and O–H groups in total. The zero-order chi connectivity index (χ0) is 14.4.